The average Bonchev–Trinajstić information content (AvgIpc) is 3.29. The molecule has 3 aliphatic carbocycles. The Labute approximate surface area is 177 Å². The molecule has 0 heterocycles. The summed E-state index contributed by atoms with van der Waals surface area (Å²) in [6.07, 6.45) is 7.29. The largest absolute Gasteiger partial charge is 0.483 e. The topological polar surface area (TPSA) is 67.4 Å². The highest BCUT2D eigenvalue weighted by atomic mass is 16.5. The minimum absolute atomic E-state index is 0.0724. The van der Waals surface area contributed by atoms with Crippen LogP contribution in [0.5, 0.6) is 5.75 Å². The van der Waals surface area contributed by atoms with E-state index in [1.807, 2.05) is 36.4 Å². The molecule has 5 rings (SSSR count). The molecule has 3 aliphatic rings. The van der Waals surface area contributed by atoms with Gasteiger partial charge in [-0.15, -0.1) is 0 Å². The van der Waals surface area contributed by atoms with Crippen LogP contribution in [0.3, 0.4) is 0 Å². The standard InChI is InChI=1S/C25H30N2O3/c1-15(21-11-16-6-7-19(21)10-16)26-25(29)22-12-17-4-2-3-5-18(17)13-23(22)30-14-24(28)27-20-8-9-20/h2-5,12-13,15-16,19-21H,6-11,14H2,1H3,(H,26,29)(H,27,28). The van der Waals surface area contributed by atoms with E-state index in [9.17, 15) is 9.59 Å². The fourth-order valence-electron chi connectivity index (χ4n) is 5.45. The van der Waals surface area contributed by atoms with Gasteiger partial charge in [0.05, 0.1) is 5.56 Å². The van der Waals surface area contributed by atoms with E-state index in [1.165, 1.54) is 25.7 Å². The minimum Gasteiger partial charge on any atom is -0.483 e. The van der Waals surface area contributed by atoms with E-state index in [2.05, 4.69) is 17.6 Å². The Morgan fingerprint density at radius 3 is 2.50 bits per heavy atom. The Morgan fingerprint density at radius 1 is 1.07 bits per heavy atom. The van der Waals surface area contributed by atoms with Gasteiger partial charge in [-0.1, -0.05) is 30.7 Å². The van der Waals surface area contributed by atoms with Gasteiger partial charge < -0.3 is 15.4 Å². The molecule has 3 fully saturated rings. The lowest BCUT2D eigenvalue weighted by atomic mass is 9.84. The van der Waals surface area contributed by atoms with Gasteiger partial charge in [-0.05, 0) is 79.7 Å². The second-order valence-corrected chi connectivity index (χ2v) is 9.43. The molecular weight excluding hydrogens is 376 g/mol. The summed E-state index contributed by atoms with van der Waals surface area (Å²) in [5.41, 5.74) is 0.503. The lowest BCUT2D eigenvalue weighted by molar-refractivity contribution is -0.123. The minimum atomic E-state index is -0.132. The van der Waals surface area contributed by atoms with Crippen molar-refractivity contribution < 1.29 is 14.3 Å². The normalized spacial score (nSPS) is 25.8. The zero-order chi connectivity index (χ0) is 20.7. The first-order valence-electron chi connectivity index (χ1n) is 11.3. The predicted molar refractivity (Wildman–Crippen MR) is 116 cm³/mol. The number of nitrogens with one attached hydrogen (secondary N) is 2. The number of amides is 2. The lowest BCUT2D eigenvalue weighted by Gasteiger charge is -2.28. The summed E-state index contributed by atoms with van der Waals surface area (Å²) in [7, 11) is 0. The van der Waals surface area contributed by atoms with Crippen molar-refractivity contribution in [1.82, 2.24) is 10.6 Å². The third kappa shape index (κ3) is 4.03. The number of hydrogen-bond acceptors (Lipinski definition) is 3. The highest BCUT2D eigenvalue weighted by Gasteiger charge is 2.42. The van der Waals surface area contributed by atoms with Crippen molar-refractivity contribution in [2.24, 2.45) is 17.8 Å². The fourth-order valence-corrected chi connectivity index (χ4v) is 5.45. The van der Waals surface area contributed by atoms with Gasteiger partial charge in [0.1, 0.15) is 5.75 Å². The van der Waals surface area contributed by atoms with Crippen molar-refractivity contribution in [3.8, 4) is 5.75 Å². The molecule has 30 heavy (non-hydrogen) atoms. The molecule has 2 N–H and O–H groups in total. The van der Waals surface area contributed by atoms with Crippen molar-refractivity contribution in [2.45, 2.75) is 57.5 Å². The third-order valence-corrected chi connectivity index (χ3v) is 7.19. The van der Waals surface area contributed by atoms with Crippen molar-refractivity contribution in [1.29, 1.82) is 0 Å². The maximum atomic E-state index is 13.2. The Kier molecular flexibility index (Phi) is 5.13. The zero-order valence-electron chi connectivity index (χ0n) is 17.5. The van der Waals surface area contributed by atoms with Crippen molar-refractivity contribution >= 4 is 22.6 Å². The molecule has 2 aromatic rings. The molecule has 2 amide bonds. The summed E-state index contributed by atoms with van der Waals surface area (Å²) in [4.78, 5) is 25.3. The summed E-state index contributed by atoms with van der Waals surface area (Å²) in [5.74, 6) is 2.40. The molecule has 0 saturated heterocycles. The molecule has 4 atom stereocenters. The Hall–Kier alpha value is -2.56. The summed E-state index contributed by atoms with van der Waals surface area (Å²) in [5, 5.41) is 8.15. The summed E-state index contributed by atoms with van der Waals surface area (Å²) >= 11 is 0. The summed E-state index contributed by atoms with van der Waals surface area (Å²) < 4.78 is 5.84. The smallest absolute Gasteiger partial charge is 0.258 e. The van der Waals surface area contributed by atoms with Gasteiger partial charge in [0.2, 0.25) is 0 Å². The summed E-state index contributed by atoms with van der Waals surface area (Å²) in [6, 6.07) is 12.1. The van der Waals surface area contributed by atoms with Crippen LogP contribution < -0.4 is 15.4 Å². The first kappa shape index (κ1) is 19.4. The zero-order valence-corrected chi connectivity index (χ0v) is 17.5. The highest BCUT2D eigenvalue weighted by molar-refractivity contribution is 6.01. The molecule has 0 aromatic heterocycles. The Balaban J connectivity index is 1.34. The molecule has 3 saturated carbocycles. The number of rotatable bonds is 7. The molecule has 2 bridgehead atoms. The van der Waals surface area contributed by atoms with E-state index in [4.69, 9.17) is 4.74 Å². The first-order valence-corrected chi connectivity index (χ1v) is 11.3. The van der Waals surface area contributed by atoms with Gasteiger partial charge in [0.15, 0.2) is 6.61 Å². The van der Waals surface area contributed by atoms with Gasteiger partial charge in [0.25, 0.3) is 11.8 Å². The molecule has 0 spiro atoms. The highest BCUT2D eigenvalue weighted by Crippen LogP contribution is 2.49. The van der Waals surface area contributed by atoms with Crippen molar-refractivity contribution in [2.75, 3.05) is 6.61 Å². The van der Waals surface area contributed by atoms with Gasteiger partial charge in [-0.25, -0.2) is 0 Å². The van der Waals surface area contributed by atoms with E-state index < -0.39 is 0 Å². The number of benzene rings is 2. The summed E-state index contributed by atoms with van der Waals surface area (Å²) in [6.45, 7) is 2.06. The molecule has 2 aromatic carbocycles. The van der Waals surface area contributed by atoms with Crippen LogP contribution in [0.2, 0.25) is 0 Å². The monoisotopic (exact) mass is 406 g/mol. The molecule has 5 heteroatoms. The van der Waals surface area contributed by atoms with E-state index in [1.54, 1.807) is 0 Å². The second kappa shape index (κ2) is 7.93. The second-order valence-electron chi connectivity index (χ2n) is 9.43. The number of hydrogen-bond donors (Lipinski definition) is 2. The molecule has 5 nitrogen and oxygen atoms in total. The van der Waals surface area contributed by atoms with E-state index in [-0.39, 0.29) is 24.5 Å². The predicted octanol–water partition coefficient (Wildman–Crippen LogP) is 4.05. The average molecular weight is 407 g/mol. The first-order chi connectivity index (χ1) is 14.6. The van der Waals surface area contributed by atoms with E-state index >= 15 is 0 Å². The van der Waals surface area contributed by atoms with Crippen LogP contribution in [0.15, 0.2) is 36.4 Å². The van der Waals surface area contributed by atoms with Crippen LogP contribution in [-0.2, 0) is 4.79 Å². The molecule has 0 radical (unpaired) electrons. The van der Waals surface area contributed by atoms with E-state index in [0.717, 1.165) is 35.4 Å². The quantitative estimate of drug-likeness (QED) is 0.729. The molecule has 4 unspecified atom stereocenters. The van der Waals surface area contributed by atoms with Crippen LogP contribution in [0, 0.1) is 17.8 Å². The fraction of sp³-hybridized carbons (Fsp3) is 0.520. The van der Waals surface area contributed by atoms with Crippen molar-refractivity contribution in [3.05, 3.63) is 42.0 Å². The van der Waals surface area contributed by atoms with Crippen LogP contribution in [0.25, 0.3) is 10.8 Å². The Morgan fingerprint density at radius 2 is 1.83 bits per heavy atom. The van der Waals surface area contributed by atoms with Crippen LogP contribution in [0.1, 0.15) is 55.8 Å². The van der Waals surface area contributed by atoms with Crippen LogP contribution in [-0.4, -0.2) is 30.5 Å². The maximum absolute atomic E-state index is 13.2. The lowest BCUT2D eigenvalue weighted by Crippen LogP contribution is -2.40. The van der Waals surface area contributed by atoms with Gasteiger partial charge >= 0.3 is 0 Å². The number of ether oxygens (including phenoxy) is 1. The van der Waals surface area contributed by atoms with Gasteiger partial charge in [-0.2, -0.15) is 0 Å². The molecular formula is C25H30N2O3. The van der Waals surface area contributed by atoms with Crippen LogP contribution in [0.4, 0.5) is 0 Å². The number of carbonyl (C=O) groups is 2. The Bertz CT molecular complexity index is 968. The number of fused-ring (bicyclic) bond motifs is 3. The van der Waals surface area contributed by atoms with E-state index in [0.29, 0.717) is 23.3 Å². The SMILES string of the molecule is CC(NC(=O)c1cc2ccccc2cc1OCC(=O)NC1CC1)C1CC2CCC1C2. The molecule has 158 valence electrons. The molecule has 0 aliphatic heterocycles. The van der Waals surface area contributed by atoms with Gasteiger partial charge in [0, 0.05) is 12.1 Å². The van der Waals surface area contributed by atoms with Crippen molar-refractivity contribution in [3.63, 3.8) is 0 Å². The third-order valence-electron chi connectivity index (χ3n) is 7.19. The number of carbonyl (C=O) groups excluding carboxylic acids is 2. The maximum Gasteiger partial charge on any atom is 0.258 e. The van der Waals surface area contributed by atoms with Gasteiger partial charge in [-0.3, -0.25) is 9.59 Å². The van der Waals surface area contributed by atoms with Crippen LogP contribution >= 0.6 is 0 Å².